The van der Waals surface area contributed by atoms with E-state index in [2.05, 4.69) is 6.07 Å². The van der Waals surface area contributed by atoms with E-state index in [1.807, 2.05) is 31.2 Å². The lowest BCUT2D eigenvalue weighted by Gasteiger charge is -2.16. The van der Waals surface area contributed by atoms with Gasteiger partial charge in [0.2, 0.25) is 0 Å². The molecule has 2 heteroatoms. The Kier molecular flexibility index (Phi) is 3.67. The van der Waals surface area contributed by atoms with Gasteiger partial charge in [-0.05, 0) is 24.5 Å². The minimum Gasteiger partial charge on any atom is -0.387 e. The number of nitrogens with zero attached hydrogens (tertiary/aromatic N) is 1. The summed E-state index contributed by atoms with van der Waals surface area (Å²) in [6.45, 7) is 3.78. The third-order valence-electron chi connectivity index (χ3n) is 2.43. The van der Waals surface area contributed by atoms with Crippen LogP contribution < -0.4 is 0 Å². The summed E-state index contributed by atoms with van der Waals surface area (Å²) >= 11 is 0. The van der Waals surface area contributed by atoms with Gasteiger partial charge in [-0.15, -0.1) is 0 Å². The molecule has 14 heavy (non-hydrogen) atoms. The highest BCUT2D eigenvalue weighted by atomic mass is 16.3. The summed E-state index contributed by atoms with van der Waals surface area (Å²) in [5.41, 5.74) is 1.99. The summed E-state index contributed by atoms with van der Waals surface area (Å²) in [5, 5.41) is 18.6. The summed E-state index contributed by atoms with van der Waals surface area (Å²) in [7, 11) is 0. The SMILES string of the molecule is CCc1ccccc1C(O)C(C)C#N. The van der Waals surface area contributed by atoms with Crippen molar-refractivity contribution in [1.29, 1.82) is 5.26 Å². The van der Waals surface area contributed by atoms with Gasteiger partial charge < -0.3 is 5.11 Å². The molecular weight excluding hydrogens is 174 g/mol. The largest absolute Gasteiger partial charge is 0.387 e. The van der Waals surface area contributed by atoms with Crippen molar-refractivity contribution in [2.75, 3.05) is 0 Å². The second-order valence-corrected chi connectivity index (χ2v) is 3.41. The molecule has 1 aromatic rings. The van der Waals surface area contributed by atoms with Crippen LogP contribution in [0.4, 0.5) is 0 Å². The quantitative estimate of drug-likeness (QED) is 0.793. The molecule has 0 radical (unpaired) electrons. The lowest BCUT2D eigenvalue weighted by Crippen LogP contribution is -2.09. The maximum absolute atomic E-state index is 9.88. The molecule has 1 aromatic carbocycles. The molecule has 74 valence electrons. The van der Waals surface area contributed by atoms with Crippen LogP contribution in [0.2, 0.25) is 0 Å². The van der Waals surface area contributed by atoms with E-state index in [4.69, 9.17) is 5.26 Å². The van der Waals surface area contributed by atoms with Crippen LogP contribution in [0.1, 0.15) is 31.1 Å². The first-order chi connectivity index (χ1) is 6.70. The summed E-state index contributed by atoms with van der Waals surface area (Å²) < 4.78 is 0. The molecule has 1 rings (SSSR count). The Balaban J connectivity index is 3.00. The van der Waals surface area contributed by atoms with Gasteiger partial charge in [-0.1, -0.05) is 31.2 Å². The highest BCUT2D eigenvalue weighted by molar-refractivity contribution is 5.30. The lowest BCUT2D eigenvalue weighted by molar-refractivity contribution is 0.142. The lowest BCUT2D eigenvalue weighted by atomic mass is 9.93. The molecule has 0 bridgehead atoms. The molecule has 1 N–H and O–H groups in total. The van der Waals surface area contributed by atoms with Crippen molar-refractivity contribution in [2.24, 2.45) is 5.92 Å². The van der Waals surface area contributed by atoms with Crippen molar-refractivity contribution in [1.82, 2.24) is 0 Å². The van der Waals surface area contributed by atoms with Gasteiger partial charge in [0.25, 0.3) is 0 Å². The zero-order chi connectivity index (χ0) is 10.6. The van der Waals surface area contributed by atoms with Gasteiger partial charge in [0.05, 0.1) is 18.1 Å². The second-order valence-electron chi connectivity index (χ2n) is 3.41. The number of aliphatic hydroxyl groups is 1. The summed E-state index contributed by atoms with van der Waals surface area (Å²) in [4.78, 5) is 0. The molecule has 0 saturated heterocycles. The van der Waals surface area contributed by atoms with Gasteiger partial charge in [-0.25, -0.2) is 0 Å². The fraction of sp³-hybridized carbons (Fsp3) is 0.417. The van der Waals surface area contributed by atoms with Crippen molar-refractivity contribution in [2.45, 2.75) is 26.4 Å². The summed E-state index contributed by atoms with van der Waals surface area (Å²) in [6, 6.07) is 9.78. The molecule has 0 fully saturated rings. The third kappa shape index (κ3) is 2.12. The fourth-order valence-corrected chi connectivity index (χ4v) is 1.48. The highest BCUT2D eigenvalue weighted by Gasteiger charge is 2.17. The fourth-order valence-electron chi connectivity index (χ4n) is 1.48. The van der Waals surface area contributed by atoms with E-state index in [1.165, 1.54) is 0 Å². The van der Waals surface area contributed by atoms with Crippen LogP contribution in [-0.2, 0) is 6.42 Å². The maximum Gasteiger partial charge on any atom is 0.0948 e. The van der Waals surface area contributed by atoms with Crippen molar-refractivity contribution < 1.29 is 5.11 Å². The highest BCUT2D eigenvalue weighted by Crippen LogP contribution is 2.24. The van der Waals surface area contributed by atoms with E-state index in [1.54, 1.807) is 6.92 Å². The molecule has 2 unspecified atom stereocenters. The average Bonchev–Trinajstić information content (AvgIpc) is 2.26. The minimum absolute atomic E-state index is 0.359. The topological polar surface area (TPSA) is 44.0 Å². The van der Waals surface area contributed by atoms with E-state index in [0.29, 0.717) is 0 Å². The molecule has 0 saturated carbocycles. The minimum atomic E-state index is -0.670. The number of nitriles is 1. The van der Waals surface area contributed by atoms with E-state index in [9.17, 15) is 5.11 Å². The van der Waals surface area contributed by atoms with Gasteiger partial charge in [-0.3, -0.25) is 0 Å². The van der Waals surface area contributed by atoms with E-state index in [0.717, 1.165) is 17.5 Å². The number of hydrogen-bond donors (Lipinski definition) is 1. The van der Waals surface area contributed by atoms with Gasteiger partial charge in [0.1, 0.15) is 0 Å². The Labute approximate surface area is 84.8 Å². The maximum atomic E-state index is 9.88. The molecule has 2 atom stereocenters. The van der Waals surface area contributed by atoms with Gasteiger partial charge in [0.15, 0.2) is 0 Å². The molecule has 0 aliphatic heterocycles. The normalized spacial score (nSPS) is 14.4. The molecule has 0 amide bonds. The van der Waals surface area contributed by atoms with E-state index in [-0.39, 0.29) is 5.92 Å². The first-order valence-corrected chi connectivity index (χ1v) is 4.86. The van der Waals surface area contributed by atoms with Crippen LogP contribution in [0.25, 0.3) is 0 Å². The third-order valence-corrected chi connectivity index (χ3v) is 2.43. The zero-order valence-electron chi connectivity index (χ0n) is 8.57. The predicted octanol–water partition coefficient (Wildman–Crippen LogP) is 2.44. The van der Waals surface area contributed by atoms with Crippen LogP contribution >= 0.6 is 0 Å². The summed E-state index contributed by atoms with van der Waals surface area (Å²) in [5.74, 6) is -0.359. The smallest absolute Gasteiger partial charge is 0.0948 e. The molecule has 0 spiro atoms. The Morgan fingerprint density at radius 3 is 2.64 bits per heavy atom. The first-order valence-electron chi connectivity index (χ1n) is 4.86. The number of aliphatic hydroxyl groups excluding tert-OH is 1. The Bertz CT molecular complexity index is 340. The van der Waals surface area contributed by atoms with Crippen molar-refractivity contribution in [3.63, 3.8) is 0 Å². The van der Waals surface area contributed by atoms with Gasteiger partial charge in [0, 0.05) is 0 Å². The predicted molar refractivity (Wildman–Crippen MR) is 55.6 cm³/mol. The molecule has 0 aliphatic carbocycles. The zero-order valence-corrected chi connectivity index (χ0v) is 8.57. The van der Waals surface area contributed by atoms with Gasteiger partial charge >= 0.3 is 0 Å². The molecule has 2 nitrogen and oxygen atoms in total. The Hall–Kier alpha value is -1.33. The van der Waals surface area contributed by atoms with Crippen molar-refractivity contribution in [3.8, 4) is 6.07 Å². The number of benzene rings is 1. The second kappa shape index (κ2) is 4.78. The molecule has 0 heterocycles. The average molecular weight is 189 g/mol. The number of aryl methyl sites for hydroxylation is 1. The Morgan fingerprint density at radius 1 is 1.43 bits per heavy atom. The number of hydrogen-bond acceptors (Lipinski definition) is 2. The monoisotopic (exact) mass is 189 g/mol. The van der Waals surface area contributed by atoms with Crippen molar-refractivity contribution >= 4 is 0 Å². The van der Waals surface area contributed by atoms with E-state index >= 15 is 0 Å². The first kappa shape index (κ1) is 10.7. The van der Waals surface area contributed by atoms with Crippen LogP contribution in [0, 0.1) is 17.2 Å². The molecular formula is C12H15NO. The van der Waals surface area contributed by atoms with Crippen LogP contribution in [0.5, 0.6) is 0 Å². The molecule has 0 aliphatic rings. The van der Waals surface area contributed by atoms with Crippen molar-refractivity contribution in [3.05, 3.63) is 35.4 Å². The van der Waals surface area contributed by atoms with E-state index < -0.39 is 6.10 Å². The Morgan fingerprint density at radius 2 is 2.07 bits per heavy atom. The van der Waals surface area contributed by atoms with Crippen LogP contribution in [0.3, 0.4) is 0 Å². The van der Waals surface area contributed by atoms with Gasteiger partial charge in [-0.2, -0.15) is 5.26 Å². The summed E-state index contributed by atoms with van der Waals surface area (Å²) in [6.07, 6.45) is 0.210. The standard InChI is InChI=1S/C12H15NO/c1-3-10-6-4-5-7-11(10)12(14)9(2)8-13/h4-7,9,12,14H,3H2,1-2H3. The van der Waals surface area contributed by atoms with Crippen LogP contribution in [0.15, 0.2) is 24.3 Å². The van der Waals surface area contributed by atoms with Crippen LogP contribution in [-0.4, -0.2) is 5.11 Å². The number of rotatable bonds is 3. The molecule has 0 aromatic heterocycles.